The van der Waals surface area contributed by atoms with Gasteiger partial charge in [-0.3, -0.25) is 0 Å². The van der Waals surface area contributed by atoms with E-state index in [2.05, 4.69) is 9.98 Å². The number of hydrogen-bond acceptors (Lipinski definition) is 4. The van der Waals surface area contributed by atoms with Crippen LogP contribution in [0.2, 0.25) is 0 Å². The molecule has 4 N–H and O–H groups in total. The van der Waals surface area contributed by atoms with Gasteiger partial charge in [-0.15, -0.1) is 0 Å². The van der Waals surface area contributed by atoms with Crippen molar-refractivity contribution in [3.8, 4) is 0 Å². The maximum Gasteiger partial charge on any atom is 0.410 e. The van der Waals surface area contributed by atoms with Gasteiger partial charge in [0.2, 0.25) is 0 Å². The van der Waals surface area contributed by atoms with Gasteiger partial charge in [-0.05, 0) is 73.5 Å². The maximum absolute atomic E-state index is 15.0. The Kier molecular flexibility index (Phi) is 13.5. The second-order valence-electron chi connectivity index (χ2n) is 12.6. The largest absolute Gasteiger partial charge is 0.410 e. The molecule has 0 aliphatic heterocycles. The lowest BCUT2D eigenvalue weighted by Crippen LogP contribution is -2.61. The molecule has 1 atom stereocenters. The fourth-order valence-electron chi connectivity index (χ4n) is 5.52. The molecule has 3 aliphatic carbocycles. The first-order chi connectivity index (χ1) is 20.6. The van der Waals surface area contributed by atoms with Crippen molar-refractivity contribution in [3.63, 3.8) is 0 Å². The number of rotatable bonds is 8. The molecule has 0 spiro atoms. The van der Waals surface area contributed by atoms with E-state index in [-0.39, 0.29) is 67.1 Å². The maximum atomic E-state index is 15.0. The van der Waals surface area contributed by atoms with Crippen LogP contribution in [0.4, 0.5) is 22.0 Å². The fourth-order valence-corrected chi connectivity index (χ4v) is 5.52. The number of aliphatic imine (C=N–C) groups is 2. The second-order valence-corrected chi connectivity index (χ2v) is 12.6. The fraction of sp³-hybridized carbons (Fsp3) is 0.618. The SMILES string of the molecule is C1CCC1.C=O.CC=NC(=NC1=C(CC2CC(C(N)(/C=C(\N)C(C)C)C(F)(F)F)C2)CCC1(F)F)c1ccccc1C(C)C. The summed E-state index contributed by atoms with van der Waals surface area (Å²) in [6.07, 6.45) is 4.19. The summed E-state index contributed by atoms with van der Waals surface area (Å²) in [6, 6.07) is 7.45. The van der Waals surface area contributed by atoms with Gasteiger partial charge in [-0.1, -0.05) is 77.6 Å². The van der Waals surface area contributed by atoms with E-state index in [1.165, 1.54) is 31.9 Å². The van der Waals surface area contributed by atoms with Crippen molar-refractivity contribution < 1.29 is 26.7 Å². The monoisotopic (exact) mass is 624 g/mol. The molecule has 246 valence electrons. The third kappa shape index (κ3) is 9.08. The number of carbonyl (C=O) groups is 1. The summed E-state index contributed by atoms with van der Waals surface area (Å²) in [5.74, 6) is -4.10. The van der Waals surface area contributed by atoms with E-state index in [4.69, 9.17) is 16.3 Å². The molecule has 44 heavy (non-hydrogen) atoms. The molecule has 10 heteroatoms. The molecule has 0 bridgehead atoms. The normalized spacial score (nSPS) is 23.4. The van der Waals surface area contributed by atoms with Crippen LogP contribution in [-0.4, -0.2) is 36.5 Å². The van der Waals surface area contributed by atoms with Gasteiger partial charge in [0.25, 0.3) is 5.92 Å². The predicted molar refractivity (Wildman–Crippen MR) is 169 cm³/mol. The molecule has 0 aromatic heterocycles. The van der Waals surface area contributed by atoms with Crippen molar-refractivity contribution in [1.29, 1.82) is 0 Å². The Hall–Kier alpha value is -2.88. The van der Waals surface area contributed by atoms with Crippen LogP contribution in [0.25, 0.3) is 0 Å². The third-order valence-electron chi connectivity index (χ3n) is 8.72. The van der Waals surface area contributed by atoms with E-state index in [0.717, 1.165) is 11.6 Å². The molecule has 0 heterocycles. The summed E-state index contributed by atoms with van der Waals surface area (Å²) < 4.78 is 72.1. The average Bonchev–Trinajstić information content (AvgIpc) is 3.17. The van der Waals surface area contributed by atoms with E-state index in [1.807, 2.05) is 44.9 Å². The van der Waals surface area contributed by atoms with Crippen LogP contribution < -0.4 is 11.5 Å². The molecule has 0 radical (unpaired) electrons. The highest BCUT2D eigenvalue weighted by Gasteiger charge is 2.58. The molecule has 0 amide bonds. The molecule has 4 rings (SSSR count). The van der Waals surface area contributed by atoms with Crippen molar-refractivity contribution in [3.05, 3.63) is 58.4 Å². The average molecular weight is 625 g/mol. The second kappa shape index (κ2) is 15.9. The molecule has 2 fully saturated rings. The van der Waals surface area contributed by atoms with Crippen LogP contribution in [0.5, 0.6) is 0 Å². The van der Waals surface area contributed by atoms with Gasteiger partial charge in [0, 0.05) is 23.9 Å². The van der Waals surface area contributed by atoms with Crippen LogP contribution in [-0.2, 0) is 4.79 Å². The van der Waals surface area contributed by atoms with E-state index in [9.17, 15) is 13.2 Å². The molecule has 1 aromatic carbocycles. The minimum Gasteiger partial charge on any atom is -0.402 e. The van der Waals surface area contributed by atoms with Gasteiger partial charge in [-0.25, -0.2) is 9.98 Å². The quantitative estimate of drug-likeness (QED) is 0.172. The zero-order valence-corrected chi connectivity index (χ0v) is 26.7. The number of nitrogens with two attached hydrogens (primary N) is 2. The van der Waals surface area contributed by atoms with Crippen molar-refractivity contribution in [1.82, 2.24) is 0 Å². The molecule has 5 nitrogen and oxygen atoms in total. The lowest BCUT2D eigenvalue weighted by Gasteiger charge is -2.46. The molecule has 0 saturated heterocycles. The molecular formula is C34H49F5N4O. The predicted octanol–water partition coefficient (Wildman–Crippen LogP) is 8.88. The Labute approximate surface area is 259 Å². The van der Waals surface area contributed by atoms with Crippen LogP contribution in [0, 0.1) is 17.8 Å². The Balaban J connectivity index is 0.00000102. The van der Waals surface area contributed by atoms with Crippen LogP contribution in [0.15, 0.2) is 57.3 Å². The zero-order valence-electron chi connectivity index (χ0n) is 26.7. The highest BCUT2D eigenvalue weighted by molar-refractivity contribution is 6.04. The lowest BCUT2D eigenvalue weighted by atomic mass is 9.62. The summed E-state index contributed by atoms with van der Waals surface area (Å²) in [7, 11) is 0. The first-order valence-corrected chi connectivity index (χ1v) is 15.5. The topological polar surface area (TPSA) is 93.8 Å². The van der Waals surface area contributed by atoms with Crippen molar-refractivity contribution in [2.75, 3.05) is 0 Å². The Morgan fingerprint density at radius 2 is 1.64 bits per heavy atom. The molecular weight excluding hydrogens is 575 g/mol. The van der Waals surface area contributed by atoms with Gasteiger partial charge in [0.1, 0.15) is 18.0 Å². The number of alkyl halides is 5. The standard InChI is InChI=1S/C29H39F5N4.C4H8.CH2O/c1-6-37-26(23-10-8-7-9-22(23)17(2)3)38-25-20(11-12-28(25,30)31)13-19-14-21(15-19)27(36,29(32,33)34)16-24(35)18(4)5;1-2-4-3-1;1-2/h6-10,16-19,21H,11-15,35-36H2,1-5H3;1-4H2;1H2/b24-16-,37-6?,38-26?;;. The van der Waals surface area contributed by atoms with E-state index in [0.29, 0.717) is 11.1 Å². The van der Waals surface area contributed by atoms with E-state index < -0.39 is 23.6 Å². The molecule has 1 aromatic rings. The Morgan fingerprint density at radius 3 is 2.11 bits per heavy atom. The highest BCUT2D eigenvalue weighted by Crippen LogP contribution is 2.52. The summed E-state index contributed by atoms with van der Waals surface area (Å²) >= 11 is 0. The third-order valence-corrected chi connectivity index (χ3v) is 8.72. The summed E-state index contributed by atoms with van der Waals surface area (Å²) in [5, 5.41) is 0. The number of allylic oxidation sites excluding steroid dienone is 3. The summed E-state index contributed by atoms with van der Waals surface area (Å²) in [5.41, 5.74) is 11.1. The van der Waals surface area contributed by atoms with Gasteiger partial charge in [-0.2, -0.15) is 22.0 Å². The number of benzene rings is 1. The Morgan fingerprint density at radius 1 is 1.07 bits per heavy atom. The Bertz CT molecular complexity index is 1200. The molecule has 2 saturated carbocycles. The number of halogens is 5. The number of carbonyl (C=O) groups excluding carboxylic acids is 1. The van der Waals surface area contributed by atoms with Gasteiger partial charge in [0.15, 0.2) is 5.84 Å². The first-order valence-electron chi connectivity index (χ1n) is 15.5. The minimum absolute atomic E-state index is 0.0914. The molecule has 1 unspecified atom stereocenters. The van der Waals surface area contributed by atoms with Crippen molar-refractivity contribution in [2.45, 2.75) is 116 Å². The van der Waals surface area contributed by atoms with Crippen LogP contribution in [0.3, 0.4) is 0 Å². The lowest BCUT2D eigenvalue weighted by molar-refractivity contribution is -0.197. The van der Waals surface area contributed by atoms with Gasteiger partial charge in [0.05, 0.1) is 0 Å². The van der Waals surface area contributed by atoms with Gasteiger partial charge < -0.3 is 16.3 Å². The van der Waals surface area contributed by atoms with Crippen LogP contribution in [0.1, 0.15) is 109 Å². The highest BCUT2D eigenvalue weighted by atomic mass is 19.4. The minimum atomic E-state index is -4.67. The number of amidine groups is 1. The van der Waals surface area contributed by atoms with Crippen molar-refractivity contribution >= 4 is 18.8 Å². The summed E-state index contributed by atoms with van der Waals surface area (Å²) in [4.78, 5) is 16.7. The first kappa shape index (κ1) is 37.3. The summed E-state index contributed by atoms with van der Waals surface area (Å²) in [6.45, 7) is 11.1. The van der Waals surface area contributed by atoms with E-state index in [1.54, 1.807) is 20.8 Å². The van der Waals surface area contributed by atoms with Gasteiger partial charge >= 0.3 is 6.18 Å². The smallest absolute Gasteiger partial charge is 0.402 e. The zero-order chi connectivity index (χ0) is 33.3. The van der Waals surface area contributed by atoms with Crippen LogP contribution >= 0.6 is 0 Å². The van der Waals surface area contributed by atoms with Crippen molar-refractivity contribution in [2.24, 2.45) is 39.2 Å². The number of nitrogens with zero attached hydrogens (tertiary/aromatic N) is 2. The molecule has 3 aliphatic rings. The van der Waals surface area contributed by atoms with E-state index >= 15 is 8.78 Å². The number of hydrogen-bond donors (Lipinski definition) is 2.